The van der Waals surface area contributed by atoms with Gasteiger partial charge in [0.1, 0.15) is 15.9 Å². The van der Waals surface area contributed by atoms with Crippen molar-refractivity contribution in [3.8, 4) is 0 Å². The third kappa shape index (κ3) is 4.76. The number of rotatable bonds is 8. The molecule has 5 heteroatoms. The molecule has 0 saturated carbocycles. The van der Waals surface area contributed by atoms with Gasteiger partial charge < -0.3 is 9.47 Å². The lowest BCUT2D eigenvalue weighted by Gasteiger charge is -2.28. The highest BCUT2D eigenvalue weighted by Gasteiger charge is 2.53. The minimum atomic E-state index is -2.74. The predicted octanol–water partition coefficient (Wildman–Crippen LogP) is 3.99. The SMILES string of the molecule is CCOC(=O)/C=C(/C(=O)OCC)[P+](c1ccccc1)(c1ccccc1)c1ccccc1. The molecule has 0 spiro atoms. The first-order valence-electron chi connectivity index (χ1n) is 10.3. The molecule has 0 atom stereocenters. The third-order valence-corrected chi connectivity index (χ3v) is 9.07. The average molecular weight is 433 g/mol. The Morgan fingerprint density at radius 1 is 0.677 bits per heavy atom. The molecule has 0 aliphatic rings. The standard InChI is InChI=1S/C26H26O4P/c1-3-29-25(27)20-24(26(28)30-4-2)31(21-14-8-5-9-15-21,22-16-10-6-11-17-22)23-18-12-7-13-19-23/h5-20H,3-4H2,1-2H3/q+1/b24-20-. The van der Waals surface area contributed by atoms with Gasteiger partial charge >= 0.3 is 11.9 Å². The molecular weight excluding hydrogens is 407 g/mol. The molecule has 0 saturated heterocycles. The number of carbonyl (C=O) groups excluding carboxylic acids is 2. The highest BCUT2D eigenvalue weighted by atomic mass is 31.2. The van der Waals surface area contributed by atoms with Crippen molar-refractivity contribution < 1.29 is 19.1 Å². The fourth-order valence-electron chi connectivity index (χ4n) is 3.61. The van der Waals surface area contributed by atoms with Crippen LogP contribution in [-0.4, -0.2) is 25.2 Å². The lowest BCUT2D eigenvalue weighted by molar-refractivity contribution is -0.140. The van der Waals surface area contributed by atoms with Crippen molar-refractivity contribution in [3.63, 3.8) is 0 Å². The van der Waals surface area contributed by atoms with Crippen LogP contribution in [0.25, 0.3) is 0 Å². The fourth-order valence-corrected chi connectivity index (χ4v) is 7.84. The molecule has 0 bridgehead atoms. The van der Waals surface area contributed by atoms with E-state index in [4.69, 9.17) is 9.47 Å². The molecule has 31 heavy (non-hydrogen) atoms. The van der Waals surface area contributed by atoms with Crippen LogP contribution < -0.4 is 15.9 Å². The van der Waals surface area contributed by atoms with Gasteiger partial charge in [-0.2, -0.15) is 0 Å². The Bertz CT molecular complexity index is 934. The molecular formula is C26H26O4P+. The van der Waals surface area contributed by atoms with E-state index in [1.54, 1.807) is 13.8 Å². The summed E-state index contributed by atoms with van der Waals surface area (Å²) in [7, 11) is -2.74. The first kappa shape index (κ1) is 22.5. The van der Waals surface area contributed by atoms with E-state index in [1.807, 2.05) is 91.0 Å². The van der Waals surface area contributed by atoms with E-state index in [9.17, 15) is 9.59 Å². The fraction of sp³-hybridized carbons (Fsp3) is 0.154. The molecule has 0 radical (unpaired) electrons. The molecule has 3 rings (SSSR count). The number of hydrogen-bond donors (Lipinski definition) is 0. The van der Waals surface area contributed by atoms with Gasteiger partial charge in [-0.25, -0.2) is 9.59 Å². The van der Waals surface area contributed by atoms with Crippen LogP contribution in [0.15, 0.2) is 102 Å². The van der Waals surface area contributed by atoms with Crippen LogP contribution in [0.1, 0.15) is 13.8 Å². The summed E-state index contributed by atoms with van der Waals surface area (Å²) in [6, 6.07) is 29.5. The van der Waals surface area contributed by atoms with Crippen LogP contribution >= 0.6 is 7.26 Å². The summed E-state index contributed by atoms with van der Waals surface area (Å²) in [5.74, 6) is -1.07. The molecule has 0 aliphatic carbocycles. The molecule has 0 unspecified atom stereocenters. The summed E-state index contributed by atoms with van der Waals surface area (Å²) in [4.78, 5) is 26.0. The maximum atomic E-state index is 13.4. The molecule has 0 N–H and O–H groups in total. The van der Waals surface area contributed by atoms with Crippen molar-refractivity contribution in [2.45, 2.75) is 13.8 Å². The van der Waals surface area contributed by atoms with Gasteiger partial charge in [0.2, 0.25) is 5.31 Å². The smallest absolute Gasteiger partial charge is 0.375 e. The quantitative estimate of drug-likeness (QED) is 0.306. The molecule has 0 amide bonds. The van der Waals surface area contributed by atoms with Crippen molar-refractivity contribution in [3.05, 3.63) is 102 Å². The summed E-state index contributed by atoms with van der Waals surface area (Å²) in [6.45, 7) is 3.92. The van der Waals surface area contributed by atoms with Crippen LogP contribution in [0.4, 0.5) is 0 Å². The van der Waals surface area contributed by atoms with E-state index in [1.165, 1.54) is 6.08 Å². The zero-order valence-corrected chi connectivity index (χ0v) is 18.6. The number of benzene rings is 3. The summed E-state index contributed by atoms with van der Waals surface area (Å²) in [5, 5.41) is 3.18. The predicted molar refractivity (Wildman–Crippen MR) is 126 cm³/mol. The second-order valence-corrected chi connectivity index (χ2v) is 10.1. The van der Waals surface area contributed by atoms with Crippen LogP contribution in [0, 0.1) is 0 Å². The lowest BCUT2D eigenvalue weighted by atomic mass is 10.3. The van der Waals surface area contributed by atoms with Crippen molar-refractivity contribution in [1.29, 1.82) is 0 Å². The van der Waals surface area contributed by atoms with Gasteiger partial charge in [-0.3, -0.25) is 0 Å². The van der Waals surface area contributed by atoms with Gasteiger partial charge in [0.25, 0.3) is 0 Å². The number of carbonyl (C=O) groups is 2. The zero-order valence-electron chi connectivity index (χ0n) is 17.7. The van der Waals surface area contributed by atoms with E-state index in [0.717, 1.165) is 15.9 Å². The molecule has 4 nitrogen and oxygen atoms in total. The minimum absolute atomic E-state index is 0.206. The molecule has 0 aromatic heterocycles. The maximum absolute atomic E-state index is 13.4. The monoisotopic (exact) mass is 433 g/mol. The Labute approximate surface area is 183 Å². The number of hydrogen-bond acceptors (Lipinski definition) is 4. The summed E-state index contributed by atoms with van der Waals surface area (Å²) in [5.41, 5.74) is 0. The average Bonchev–Trinajstić information content (AvgIpc) is 2.81. The second-order valence-electron chi connectivity index (χ2n) is 6.68. The zero-order chi connectivity index (χ0) is 22.1. The minimum Gasteiger partial charge on any atom is -0.463 e. The van der Waals surface area contributed by atoms with Crippen molar-refractivity contribution in [1.82, 2.24) is 0 Å². The molecule has 0 fully saturated rings. The molecule has 3 aromatic rings. The first-order chi connectivity index (χ1) is 15.1. The van der Waals surface area contributed by atoms with Crippen LogP contribution in [0.5, 0.6) is 0 Å². The highest BCUT2D eigenvalue weighted by molar-refractivity contribution is 7.99. The maximum Gasteiger partial charge on any atom is 0.375 e. The van der Waals surface area contributed by atoms with E-state index in [0.29, 0.717) is 5.31 Å². The van der Waals surface area contributed by atoms with Gasteiger partial charge in [-0.1, -0.05) is 54.6 Å². The van der Waals surface area contributed by atoms with E-state index in [2.05, 4.69) is 0 Å². The summed E-state index contributed by atoms with van der Waals surface area (Å²) >= 11 is 0. The van der Waals surface area contributed by atoms with Crippen LogP contribution in [-0.2, 0) is 19.1 Å². The van der Waals surface area contributed by atoms with Crippen molar-refractivity contribution in [2.75, 3.05) is 13.2 Å². The number of ether oxygens (including phenoxy) is 2. The Balaban J connectivity index is 2.45. The molecule has 158 valence electrons. The Hall–Kier alpha value is -3.23. The number of esters is 2. The molecule has 3 aromatic carbocycles. The van der Waals surface area contributed by atoms with Crippen molar-refractivity contribution in [2.24, 2.45) is 0 Å². The van der Waals surface area contributed by atoms with Crippen LogP contribution in [0.3, 0.4) is 0 Å². The van der Waals surface area contributed by atoms with E-state index < -0.39 is 19.2 Å². The summed E-state index contributed by atoms with van der Waals surface area (Å²) < 4.78 is 10.7. The highest BCUT2D eigenvalue weighted by Crippen LogP contribution is 2.62. The van der Waals surface area contributed by atoms with E-state index in [-0.39, 0.29) is 13.2 Å². The normalized spacial score (nSPS) is 11.6. The van der Waals surface area contributed by atoms with Gasteiger partial charge in [-0.05, 0) is 50.2 Å². The first-order valence-corrected chi connectivity index (χ1v) is 12.1. The Morgan fingerprint density at radius 3 is 1.42 bits per heavy atom. The van der Waals surface area contributed by atoms with E-state index >= 15 is 0 Å². The second kappa shape index (κ2) is 10.7. The topological polar surface area (TPSA) is 52.6 Å². The van der Waals surface area contributed by atoms with Gasteiger partial charge in [0, 0.05) is 0 Å². The van der Waals surface area contributed by atoms with Crippen molar-refractivity contribution >= 4 is 35.1 Å². The Morgan fingerprint density at radius 2 is 1.06 bits per heavy atom. The Kier molecular flexibility index (Phi) is 7.75. The molecule has 0 aliphatic heterocycles. The third-order valence-electron chi connectivity index (χ3n) is 4.82. The van der Waals surface area contributed by atoms with Gasteiger partial charge in [-0.15, -0.1) is 0 Å². The van der Waals surface area contributed by atoms with Gasteiger partial charge in [0.15, 0.2) is 7.26 Å². The summed E-state index contributed by atoms with van der Waals surface area (Å²) in [6.07, 6.45) is 1.32. The largest absolute Gasteiger partial charge is 0.463 e. The van der Waals surface area contributed by atoms with Crippen LogP contribution in [0.2, 0.25) is 0 Å². The van der Waals surface area contributed by atoms with Gasteiger partial charge in [0.05, 0.1) is 19.3 Å². The molecule has 0 heterocycles. The lowest BCUT2D eigenvalue weighted by Crippen LogP contribution is -2.35.